The highest BCUT2D eigenvalue weighted by molar-refractivity contribution is 5.77. The van der Waals surface area contributed by atoms with E-state index in [1.54, 1.807) is 0 Å². The van der Waals surface area contributed by atoms with Gasteiger partial charge in [-0.15, -0.1) is 13.2 Å². The Morgan fingerprint density at radius 3 is 2.24 bits per heavy atom. The minimum atomic E-state index is -4.96. The van der Waals surface area contributed by atoms with E-state index < -0.39 is 36.2 Å². The summed E-state index contributed by atoms with van der Waals surface area (Å²) in [6, 6.07) is 6.73. The lowest BCUT2D eigenvalue weighted by Crippen LogP contribution is -2.17. The normalized spacial score (nSPS) is 12.1. The van der Waals surface area contributed by atoms with Crippen LogP contribution in [0.25, 0.3) is 11.1 Å². The van der Waals surface area contributed by atoms with Gasteiger partial charge in [0.15, 0.2) is 0 Å². The van der Waals surface area contributed by atoms with E-state index >= 15 is 0 Å². The second-order valence-corrected chi connectivity index (χ2v) is 5.02. The van der Waals surface area contributed by atoms with Crippen molar-refractivity contribution < 1.29 is 41.0 Å². The van der Waals surface area contributed by atoms with Crippen LogP contribution in [0.15, 0.2) is 42.5 Å². The van der Waals surface area contributed by atoms with Crippen LogP contribution in [0.4, 0.5) is 26.3 Å². The zero-order valence-corrected chi connectivity index (χ0v) is 12.3. The van der Waals surface area contributed by atoms with Gasteiger partial charge in [0.05, 0.1) is 12.0 Å². The molecule has 0 aliphatic heterocycles. The van der Waals surface area contributed by atoms with Crippen molar-refractivity contribution in [3.63, 3.8) is 0 Å². The van der Waals surface area contributed by atoms with Gasteiger partial charge >= 0.3 is 18.5 Å². The summed E-state index contributed by atoms with van der Waals surface area (Å²) in [5.41, 5.74) is -1.17. The monoisotopic (exact) mass is 364 g/mol. The van der Waals surface area contributed by atoms with Crippen LogP contribution < -0.4 is 4.74 Å². The minimum Gasteiger partial charge on any atom is -0.481 e. The van der Waals surface area contributed by atoms with E-state index in [4.69, 9.17) is 5.11 Å². The Morgan fingerprint density at radius 1 is 1.00 bits per heavy atom. The average molecular weight is 364 g/mol. The van der Waals surface area contributed by atoms with Gasteiger partial charge in [0.25, 0.3) is 0 Å². The highest BCUT2D eigenvalue weighted by Crippen LogP contribution is 2.35. The fourth-order valence-electron chi connectivity index (χ4n) is 2.20. The van der Waals surface area contributed by atoms with Crippen molar-refractivity contribution >= 4 is 5.97 Å². The van der Waals surface area contributed by atoms with Crippen LogP contribution in [0.2, 0.25) is 0 Å². The van der Waals surface area contributed by atoms with Gasteiger partial charge in [-0.3, -0.25) is 4.79 Å². The molecule has 2 aromatic rings. The molecule has 1 N–H and O–H groups in total. The average Bonchev–Trinajstić information content (AvgIpc) is 2.44. The maximum Gasteiger partial charge on any atom is 0.573 e. The Balaban J connectivity index is 2.55. The van der Waals surface area contributed by atoms with Crippen LogP contribution in [-0.4, -0.2) is 17.4 Å². The number of ether oxygens (including phenoxy) is 1. The molecule has 0 heterocycles. The number of halogens is 6. The van der Waals surface area contributed by atoms with Crippen molar-refractivity contribution in [2.24, 2.45) is 0 Å². The molecule has 2 rings (SSSR count). The van der Waals surface area contributed by atoms with Crippen LogP contribution in [-0.2, 0) is 17.4 Å². The van der Waals surface area contributed by atoms with Gasteiger partial charge in [-0.1, -0.05) is 18.2 Å². The third-order valence-electron chi connectivity index (χ3n) is 3.16. The molecule has 9 heteroatoms. The molecule has 134 valence electrons. The highest BCUT2D eigenvalue weighted by atomic mass is 19.4. The summed E-state index contributed by atoms with van der Waals surface area (Å²) in [4.78, 5) is 10.9. The second kappa shape index (κ2) is 6.66. The van der Waals surface area contributed by atoms with Crippen molar-refractivity contribution in [2.75, 3.05) is 0 Å². The fourth-order valence-corrected chi connectivity index (χ4v) is 2.20. The number of aliphatic carboxylic acids is 1. The second-order valence-electron chi connectivity index (χ2n) is 5.02. The van der Waals surface area contributed by atoms with E-state index in [1.807, 2.05) is 0 Å². The Kier molecular flexibility index (Phi) is 4.96. The molecule has 0 aliphatic carbocycles. The van der Waals surface area contributed by atoms with E-state index in [0.29, 0.717) is 6.07 Å². The molecule has 2 aromatic carbocycles. The Hall–Kier alpha value is -2.71. The Labute approximate surface area is 137 Å². The van der Waals surface area contributed by atoms with Gasteiger partial charge in [0.2, 0.25) is 0 Å². The van der Waals surface area contributed by atoms with Gasteiger partial charge in [0.1, 0.15) is 5.75 Å². The number of carboxylic acid groups (broad SMARTS) is 1. The minimum absolute atomic E-state index is 0.0240. The first-order valence-electron chi connectivity index (χ1n) is 6.74. The molecule has 0 spiro atoms. The first-order valence-corrected chi connectivity index (χ1v) is 6.74. The van der Waals surface area contributed by atoms with Crippen LogP contribution in [0.5, 0.6) is 5.75 Å². The van der Waals surface area contributed by atoms with E-state index in [1.165, 1.54) is 12.1 Å². The molecular formula is C16H10F6O3. The molecule has 0 amide bonds. The van der Waals surface area contributed by atoms with E-state index in [0.717, 1.165) is 24.3 Å². The highest BCUT2D eigenvalue weighted by Gasteiger charge is 2.32. The zero-order chi connectivity index (χ0) is 18.8. The number of hydrogen-bond acceptors (Lipinski definition) is 2. The van der Waals surface area contributed by atoms with Gasteiger partial charge in [-0.2, -0.15) is 13.2 Å². The largest absolute Gasteiger partial charge is 0.573 e. The fraction of sp³-hybridized carbons (Fsp3) is 0.188. The van der Waals surface area contributed by atoms with Crippen molar-refractivity contribution in [3.05, 3.63) is 53.6 Å². The quantitative estimate of drug-likeness (QED) is 0.785. The lowest BCUT2D eigenvalue weighted by Gasteiger charge is -2.14. The van der Waals surface area contributed by atoms with E-state index in [2.05, 4.69) is 4.74 Å². The first kappa shape index (κ1) is 18.6. The molecule has 0 radical (unpaired) electrons. The lowest BCUT2D eigenvalue weighted by molar-refractivity contribution is -0.274. The molecule has 0 unspecified atom stereocenters. The van der Waals surface area contributed by atoms with Crippen LogP contribution in [0.3, 0.4) is 0 Å². The number of hydrogen-bond donors (Lipinski definition) is 1. The van der Waals surface area contributed by atoms with Crippen LogP contribution >= 0.6 is 0 Å². The van der Waals surface area contributed by atoms with Crippen molar-refractivity contribution in [1.29, 1.82) is 0 Å². The number of carboxylic acids is 1. The maximum absolute atomic E-state index is 12.9. The number of carbonyl (C=O) groups is 1. The van der Waals surface area contributed by atoms with Crippen LogP contribution in [0, 0.1) is 0 Å². The first-order chi connectivity index (χ1) is 11.5. The lowest BCUT2D eigenvalue weighted by atomic mass is 9.95. The van der Waals surface area contributed by atoms with Crippen molar-refractivity contribution in [1.82, 2.24) is 0 Å². The molecule has 0 saturated carbocycles. The standard InChI is InChI=1S/C16H10F6O3/c17-15(18,19)11-5-4-10(7-14(23)24)13(8-11)9-2-1-3-12(6-9)25-16(20,21)22/h1-6,8H,7H2,(H,23,24). The molecule has 0 saturated heterocycles. The summed E-state index contributed by atoms with van der Waals surface area (Å²) in [5.74, 6) is -1.91. The van der Waals surface area contributed by atoms with E-state index in [9.17, 15) is 31.1 Å². The van der Waals surface area contributed by atoms with Crippen molar-refractivity contribution in [3.8, 4) is 16.9 Å². The molecule has 0 aromatic heterocycles. The summed E-state index contributed by atoms with van der Waals surface area (Å²) < 4.78 is 79.3. The topological polar surface area (TPSA) is 46.5 Å². The predicted octanol–water partition coefficient (Wildman–Crippen LogP) is 4.90. The summed E-state index contributed by atoms with van der Waals surface area (Å²) in [6.45, 7) is 0. The maximum atomic E-state index is 12.9. The number of benzene rings is 2. The SMILES string of the molecule is O=C(O)Cc1ccc(C(F)(F)F)cc1-c1cccc(OC(F)(F)F)c1. The molecule has 0 atom stereocenters. The van der Waals surface area contributed by atoms with Crippen LogP contribution in [0.1, 0.15) is 11.1 Å². The summed E-state index contributed by atoms with van der Waals surface area (Å²) in [5, 5.41) is 8.88. The number of rotatable bonds is 4. The van der Waals surface area contributed by atoms with Gasteiger partial charge in [-0.25, -0.2) is 0 Å². The Bertz CT molecular complexity index is 780. The molecule has 0 aliphatic rings. The summed E-state index contributed by atoms with van der Waals surface area (Å²) in [7, 11) is 0. The molecular weight excluding hydrogens is 354 g/mol. The van der Waals surface area contributed by atoms with Gasteiger partial charge < -0.3 is 9.84 Å². The molecule has 0 fully saturated rings. The molecule has 3 nitrogen and oxygen atoms in total. The third kappa shape index (κ3) is 5.13. The summed E-state index contributed by atoms with van der Waals surface area (Å²) in [6.07, 6.45) is -10.2. The predicted molar refractivity (Wildman–Crippen MR) is 74.9 cm³/mol. The third-order valence-corrected chi connectivity index (χ3v) is 3.16. The van der Waals surface area contributed by atoms with Gasteiger partial charge in [0, 0.05) is 0 Å². The van der Waals surface area contributed by atoms with Gasteiger partial charge in [-0.05, 0) is 41.0 Å². The van der Waals surface area contributed by atoms with E-state index in [-0.39, 0.29) is 16.7 Å². The Morgan fingerprint density at radius 2 is 1.68 bits per heavy atom. The molecule has 0 bridgehead atoms. The summed E-state index contributed by atoms with van der Waals surface area (Å²) >= 11 is 0. The van der Waals surface area contributed by atoms with Crippen molar-refractivity contribution in [2.45, 2.75) is 19.0 Å². The smallest absolute Gasteiger partial charge is 0.481 e. The number of alkyl halides is 6. The molecule has 25 heavy (non-hydrogen) atoms. The zero-order valence-electron chi connectivity index (χ0n) is 12.3.